The number of nitrogens with zero attached hydrogens (tertiary/aromatic N) is 1. The van der Waals surface area contributed by atoms with Gasteiger partial charge in [0.15, 0.2) is 5.76 Å². The van der Waals surface area contributed by atoms with Crippen LogP contribution in [0, 0.1) is 0 Å². The van der Waals surface area contributed by atoms with Crippen molar-refractivity contribution >= 4 is 40.2 Å². The van der Waals surface area contributed by atoms with Crippen molar-refractivity contribution < 1.29 is 9.21 Å². The molecule has 1 saturated heterocycles. The number of piperidine rings is 1. The topological polar surface area (TPSA) is 45.5 Å². The molecule has 0 atom stereocenters. The highest BCUT2D eigenvalue weighted by molar-refractivity contribution is 7.98. The number of amides is 1. The van der Waals surface area contributed by atoms with Crippen LogP contribution in [0.25, 0.3) is 11.0 Å². The summed E-state index contributed by atoms with van der Waals surface area (Å²) in [6.45, 7) is 1.78. The van der Waals surface area contributed by atoms with Gasteiger partial charge in [-0.25, -0.2) is 5.01 Å². The van der Waals surface area contributed by atoms with Gasteiger partial charge in [0.05, 0.1) is 0 Å². The first-order chi connectivity index (χ1) is 13.2. The lowest BCUT2D eigenvalue weighted by Gasteiger charge is -2.26. The molecule has 0 aliphatic carbocycles. The molecule has 3 aromatic rings. The first-order valence-corrected chi connectivity index (χ1v) is 10.5. The highest BCUT2D eigenvalue weighted by Gasteiger charge is 2.23. The lowest BCUT2D eigenvalue weighted by molar-refractivity contribution is 0.0722. The molecule has 0 saturated carbocycles. The summed E-state index contributed by atoms with van der Waals surface area (Å²) in [4.78, 5) is 14.0. The first-order valence-electron chi connectivity index (χ1n) is 9.15. The molecular weight excluding hydrogens is 380 g/mol. The molecule has 0 bridgehead atoms. The standard InChI is InChI=1S/C21H21ClN2O2S/c22-15-8-10-16(11-9-15)27-14-18-17-6-2-3-7-19(17)26-20(18)21(25)23-24-12-4-1-5-13-24/h2-3,6-11H,1,4-5,12-14H2,(H,23,25). The fourth-order valence-electron chi connectivity index (χ4n) is 3.31. The van der Waals surface area contributed by atoms with Crippen LogP contribution in [-0.4, -0.2) is 24.0 Å². The van der Waals surface area contributed by atoms with E-state index in [-0.39, 0.29) is 5.91 Å². The number of carbonyl (C=O) groups is 1. The Kier molecular flexibility index (Phi) is 5.72. The molecule has 0 unspecified atom stereocenters. The maximum Gasteiger partial charge on any atom is 0.301 e. The van der Waals surface area contributed by atoms with Gasteiger partial charge in [-0.1, -0.05) is 36.2 Å². The van der Waals surface area contributed by atoms with Crippen LogP contribution >= 0.6 is 23.4 Å². The summed E-state index contributed by atoms with van der Waals surface area (Å²) in [6, 6.07) is 15.5. The summed E-state index contributed by atoms with van der Waals surface area (Å²) in [7, 11) is 0. The Morgan fingerprint density at radius 2 is 1.81 bits per heavy atom. The fraction of sp³-hybridized carbons (Fsp3) is 0.286. The molecule has 0 spiro atoms. The van der Waals surface area contributed by atoms with Gasteiger partial charge in [-0.3, -0.25) is 10.2 Å². The quantitative estimate of drug-likeness (QED) is 0.573. The van der Waals surface area contributed by atoms with E-state index in [2.05, 4.69) is 5.43 Å². The fourth-order valence-corrected chi connectivity index (χ4v) is 4.36. The molecule has 6 heteroatoms. The highest BCUT2D eigenvalue weighted by Crippen LogP contribution is 2.32. The van der Waals surface area contributed by atoms with Gasteiger partial charge in [0.25, 0.3) is 0 Å². The number of rotatable bonds is 5. The number of carbonyl (C=O) groups excluding carboxylic acids is 1. The summed E-state index contributed by atoms with van der Waals surface area (Å²) in [6.07, 6.45) is 3.44. The third-order valence-electron chi connectivity index (χ3n) is 4.72. The van der Waals surface area contributed by atoms with Crippen LogP contribution in [0.3, 0.4) is 0 Å². The smallest absolute Gasteiger partial charge is 0.301 e. The van der Waals surface area contributed by atoms with Crippen LogP contribution in [-0.2, 0) is 5.75 Å². The number of thioether (sulfide) groups is 1. The molecule has 1 aromatic heterocycles. The van der Waals surface area contributed by atoms with Crippen molar-refractivity contribution in [2.24, 2.45) is 0 Å². The Bertz CT molecular complexity index is 933. The van der Waals surface area contributed by atoms with E-state index in [0.717, 1.165) is 52.4 Å². The maximum atomic E-state index is 12.9. The Morgan fingerprint density at radius 1 is 1.07 bits per heavy atom. The monoisotopic (exact) mass is 400 g/mol. The van der Waals surface area contributed by atoms with Crippen LogP contribution in [0.1, 0.15) is 35.4 Å². The molecule has 1 fully saturated rings. The van der Waals surface area contributed by atoms with Crippen LogP contribution < -0.4 is 5.43 Å². The zero-order valence-electron chi connectivity index (χ0n) is 14.9. The summed E-state index contributed by atoms with van der Waals surface area (Å²) in [5, 5.41) is 3.70. The van der Waals surface area contributed by atoms with Gasteiger partial charge in [-0.05, 0) is 43.2 Å². The van der Waals surface area contributed by atoms with Crippen molar-refractivity contribution in [2.45, 2.75) is 29.9 Å². The minimum atomic E-state index is -0.167. The number of hydrogen-bond donors (Lipinski definition) is 1. The summed E-state index contributed by atoms with van der Waals surface area (Å²) in [5.74, 6) is 0.893. The Balaban J connectivity index is 1.58. The van der Waals surface area contributed by atoms with E-state index in [9.17, 15) is 4.79 Å². The number of benzene rings is 2. The normalized spacial score (nSPS) is 15.1. The molecule has 140 valence electrons. The summed E-state index contributed by atoms with van der Waals surface area (Å²) >= 11 is 7.63. The zero-order chi connectivity index (χ0) is 18.6. The van der Waals surface area contributed by atoms with Crippen molar-refractivity contribution in [3.63, 3.8) is 0 Å². The largest absolute Gasteiger partial charge is 0.451 e. The molecule has 0 radical (unpaired) electrons. The number of para-hydroxylation sites is 1. The molecule has 4 rings (SSSR count). The van der Waals surface area contributed by atoms with Crippen LogP contribution in [0.4, 0.5) is 0 Å². The summed E-state index contributed by atoms with van der Waals surface area (Å²) in [5.41, 5.74) is 4.69. The van der Waals surface area contributed by atoms with Gasteiger partial charge in [0.1, 0.15) is 5.58 Å². The van der Waals surface area contributed by atoms with Crippen molar-refractivity contribution in [1.82, 2.24) is 10.4 Å². The van der Waals surface area contributed by atoms with E-state index in [0.29, 0.717) is 11.5 Å². The lowest BCUT2D eigenvalue weighted by atomic mass is 10.1. The molecule has 1 aliphatic heterocycles. The third-order valence-corrected chi connectivity index (χ3v) is 6.01. The predicted molar refractivity (Wildman–Crippen MR) is 110 cm³/mol. The van der Waals surface area contributed by atoms with E-state index >= 15 is 0 Å². The van der Waals surface area contributed by atoms with Crippen molar-refractivity contribution in [1.29, 1.82) is 0 Å². The first kappa shape index (κ1) is 18.4. The van der Waals surface area contributed by atoms with Crippen molar-refractivity contribution in [2.75, 3.05) is 13.1 Å². The highest BCUT2D eigenvalue weighted by atomic mass is 35.5. The van der Waals surface area contributed by atoms with Gasteiger partial charge in [-0.2, -0.15) is 0 Å². The second-order valence-corrected chi connectivity index (χ2v) is 8.12. The molecule has 4 nitrogen and oxygen atoms in total. The van der Waals surface area contributed by atoms with Crippen molar-refractivity contribution in [3.8, 4) is 0 Å². The van der Waals surface area contributed by atoms with Crippen LogP contribution in [0.5, 0.6) is 0 Å². The van der Waals surface area contributed by atoms with E-state index in [1.54, 1.807) is 11.8 Å². The minimum Gasteiger partial charge on any atom is -0.451 e. The number of hydrogen-bond acceptors (Lipinski definition) is 4. The van der Waals surface area contributed by atoms with Crippen LogP contribution in [0.2, 0.25) is 5.02 Å². The van der Waals surface area contributed by atoms with Gasteiger partial charge in [0.2, 0.25) is 0 Å². The lowest BCUT2D eigenvalue weighted by Crippen LogP contribution is -2.45. The predicted octanol–water partition coefficient (Wildman–Crippen LogP) is 5.51. The molecule has 1 N–H and O–H groups in total. The second kappa shape index (κ2) is 8.38. The average molecular weight is 401 g/mol. The number of fused-ring (bicyclic) bond motifs is 1. The zero-order valence-corrected chi connectivity index (χ0v) is 16.5. The van der Waals surface area contributed by atoms with E-state index < -0.39 is 0 Å². The SMILES string of the molecule is O=C(NN1CCCCC1)c1oc2ccccc2c1CSc1ccc(Cl)cc1. The molecular formula is C21H21ClN2O2S. The number of furan rings is 1. The Labute approximate surface area is 167 Å². The number of nitrogens with one attached hydrogen (secondary N) is 1. The second-order valence-electron chi connectivity index (χ2n) is 6.64. The Morgan fingerprint density at radius 3 is 2.59 bits per heavy atom. The summed E-state index contributed by atoms with van der Waals surface area (Å²) < 4.78 is 5.94. The van der Waals surface area contributed by atoms with E-state index in [4.69, 9.17) is 16.0 Å². The molecule has 2 aromatic carbocycles. The maximum absolute atomic E-state index is 12.9. The Hall–Kier alpha value is -1.95. The van der Waals surface area contributed by atoms with Crippen LogP contribution in [0.15, 0.2) is 57.8 Å². The average Bonchev–Trinajstić information content (AvgIpc) is 3.07. The van der Waals surface area contributed by atoms with Crippen molar-refractivity contribution in [3.05, 3.63) is 64.9 Å². The van der Waals surface area contributed by atoms with E-state index in [1.165, 1.54) is 6.42 Å². The third kappa shape index (κ3) is 4.32. The number of hydrazine groups is 1. The van der Waals surface area contributed by atoms with Gasteiger partial charge >= 0.3 is 5.91 Å². The molecule has 1 amide bonds. The molecule has 27 heavy (non-hydrogen) atoms. The molecule has 2 heterocycles. The van der Waals surface area contributed by atoms with Gasteiger partial charge in [-0.15, -0.1) is 11.8 Å². The minimum absolute atomic E-state index is 0.167. The van der Waals surface area contributed by atoms with Gasteiger partial charge < -0.3 is 4.42 Å². The number of halogens is 1. The molecule has 1 aliphatic rings. The van der Waals surface area contributed by atoms with Gasteiger partial charge in [0, 0.05) is 39.7 Å². The van der Waals surface area contributed by atoms with E-state index in [1.807, 2.05) is 53.5 Å².